The van der Waals surface area contributed by atoms with E-state index < -0.39 is 12.6 Å². The normalized spacial score (nSPS) is 10.6. The quantitative estimate of drug-likeness (QED) is 0.428. The number of carboxylic acids is 1. The monoisotopic (exact) mass is 498 g/mol. The van der Waals surface area contributed by atoms with Crippen LogP contribution in [-0.2, 0) is 16.0 Å². The number of rotatable bonds is 8. The fourth-order valence-electron chi connectivity index (χ4n) is 2.09. The number of nitrogens with zero attached hydrogens (tertiary/aromatic N) is 1. The van der Waals surface area contributed by atoms with Crippen molar-refractivity contribution in [2.45, 2.75) is 6.42 Å². The predicted octanol–water partition coefficient (Wildman–Crippen LogP) is 3.38. The molecule has 0 bridgehead atoms. The highest BCUT2D eigenvalue weighted by Crippen LogP contribution is 2.36. The third-order valence-electron chi connectivity index (χ3n) is 3.27. The number of halogens is 2. The number of hydrogen-bond donors (Lipinski definition) is 2. The van der Waals surface area contributed by atoms with E-state index in [1.165, 1.54) is 13.3 Å². The Hall–Kier alpha value is -2.39. The molecule has 0 saturated carbocycles. The molecule has 0 heterocycles. The van der Waals surface area contributed by atoms with Crippen LogP contribution in [0.25, 0.3) is 0 Å². The van der Waals surface area contributed by atoms with Crippen molar-refractivity contribution in [3.05, 3.63) is 56.5 Å². The Morgan fingerprint density at radius 3 is 2.56 bits per heavy atom. The van der Waals surface area contributed by atoms with Gasteiger partial charge in [0, 0.05) is 4.47 Å². The zero-order valence-corrected chi connectivity index (χ0v) is 17.4. The van der Waals surface area contributed by atoms with Crippen molar-refractivity contribution in [3.8, 4) is 11.5 Å². The van der Waals surface area contributed by atoms with Gasteiger partial charge in [-0.05, 0) is 51.3 Å². The lowest BCUT2D eigenvalue weighted by atomic mass is 10.1. The largest absolute Gasteiger partial charge is 0.493 e. The number of methoxy groups -OCH3 is 1. The molecule has 0 unspecified atom stereocenters. The third-order valence-corrected chi connectivity index (χ3v) is 4.39. The van der Waals surface area contributed by atoms with E-state index in [4.69, 9.17) is 14.6 Å². The summed E-state index contributed by atoms with van der Waals surface area (Å²) < 4.78 is 11.9. The Morgan fingerprint density at radius 2 is 1.93 bits per heavy atom. The Bertz CT molecular complexity index is 854. The van der Waals surface area contributed by atoms with Gasteiger partial charge >= 0.3 is 5.97 Å². The summed E-state index contributed by atoms with van der Waals surface area (Å²) >= 11 is 6.65. The molecule has 0 aromatic heterocycles. The lowest BCUT2D eigenvalue weighted by Gasteiger charge is -2.12. The van der Waals surface area contributed by atoms with Gasteiger partial charge in [-0.25, -0.2) is 10.2 Å². The minimum atomic E-state index is -1.09. The van der Waals surface area contributed by atoms with Crippen LogP contribution < -0.4 is 14.9 Å². The zero-order valence-electron chi connectivity index (χ0n) is 14.2. The number of amides is 1. The molecule has 0 atom stereocenters. The van der Waals surface area contributed by atoms with Gasteiger partial charge < -0.3 is 14.6 Å². The van der Waals surface area contributed by atoms with Gasteiger partial charge in [0.25, 0.3) is 0 Å². The Balaban J connectivity index is 2.01. The van der Waals surface area contributed by atoms with Gasteiger partial charge in [0.15, 0.2) is 18.1 Å². The molecule has 1 amide bonds. The van der Waals surface area contributed by atoms with Crippen molar-refractivity contribution in [3.63, 3.8) is 0 Å². The second kappa shape index (κ2) is 10.1. The fourth-order valence-corrected chi connectivity index (χ4v) is 2.93. The van der Waals surface area contributed by atoms with Gasteiger partial charge in [-0.15, -0.1) is 0 Å². The average Bonchev–Trinajstić information content (AvgIpc) is 2.62. The van der Waals surface area contributed by atoms with Gasteiger partial charge in [-0.3, -0.25) is 4.79 Å². The number of aliphatic carboxylic acids is 1. The summed E-state index contributed by atoms with van der Waals surface area (Å²) in [5.41, 5.74) is 3.96. The first-order valence-electron chi connectivity index (χ1n) is 7.67. The van der Waals surface area contributed by atoms with Crippen molar-refractivity contribution in [1.82, 2.24) is 5.43 Å². The smallest absolute Gasteiger partial charge is 0.341 e. The molecule has 2 aromatic carbocycles. The van der Waals surface area contributed by atoms with Gasteiger partial charge in [-0.2, -0.15) is 5.10 Å². The highest BCUT2D eigenvalue weighted by atomic mass is 79.9. The van der Waals surface area contributed by atoms with Crippen LogP contribution in [0, 0.1) is 0 Å². The molecule has 7 nitrogen and oxygen atoms in total. The molecule has 2 N–H and O–H groups in total. The summed E-state index contributed by atoms with van der Waals surface area (Å²) in [7, 11) is 1.44. The van der Waals surface area contributed by atoms with Crippen molar-refractivity contribution < 1.29 is 24.2 Å². The van der Waals surface area contributed by atoms with Crippen LogP contribution in [0.1, 0.15) is 11.1 Å². The minimum absolute atomic E-state index is 0.208. The number of carboxylic acid groups (broad SMARTS) is 1. The number of ether oxygens (including phenoxy) is 2. The summed E-state index contributed by atoms with van der Waals surface area (Å²) in [5.74, 6) is -0.728. The number of benzene rings is 2. The fraction of sp³-hybridized carbons (Fsp3) is 0.167. The molecule has 0 aliphatic carbocycles. The van der Waals surface area contributed by atoms with Crippen molar-refractivity contribution in [1.29, 1.82) is 0 Å². The van der Waals surface area contributed by atoms with Crippen molar-refractivity contribution in [2.75, 3.05) is 13.7 Å². The third kappa shape index (κ3) is 6.69. The van der Waals surface area contributed by atoms with Gasteiger partial charge in [0.2, 0.25) is 5.91 Å². The zero-order chi connectivity index (χ0) is 19.8. The van der Waals surface area contributed by atoms with Crippen molar-refractivity contribution >= 4 is 50.0 Å². The first kappa shape index (κ1) is 20.9. The van der Waals surface area contributed by atoms with E-state index in [0.29, 0.717) is 15.8 Å². The molecular formula is C18H16Br2N2O5. The number of carbonyl (C=O) groups is 2. The summed E-state index contributed by atoms with van der Waals surface area (Å²) in [6, 6.07) is 10.7. The van der Waals surface area contributed by atoms with Crippen LogP contribution in [0.15, 0.2) is 50.4 Å². The standard InChI is InChI=1S/C18H16Br2N2O5/c1-26-15-7-12(6-14(20)18(15)27-10-17(24)25)9-21-22-16(23)8-11-2-4-13(19)5-3-11/h2-7,9H,8,10H2,1H3,(H,22,23)(H,24,25)/b21-9-. The summed E-state index contributed by atoms with van der Waals surface area (Å²) in [4.78, 5) is 22.6. The average molecular weight is 500 g/mol. The lowest BCUT2D eigenvalue weighted by Crippen LogP contribution is -2.19. The molecule has 27 heavy (non-hydrogen) atoms. The van der Waals surface area contributed by atoms with E-state index >= 15 is 0 Å². The van der Waals surface area contributed by atoms with Gasteiger partial charge in [0.1, 0.15) is 0 Å². The predicted molar refractivity (Wildman–Crippen MR) is 107 cm³/mol. The molecule has 0 saturated heterocycles. The van der Waals surface area contributed by atoms with Crippen LogP contribution >= 0.6 is 31.9 Å². The molecule has 2 aromatic rings. The molecule has 0 spiro atoms. The first-order valence-corrected chi connectivity index (χ1v) is 9.26. The number of nitrogens with one attached hydrogen (secondary N) is 1. The second-order valence-corrected chi connectivity index (χ2v) is 7.08. The molecule has 2 rings (SSSR count). The molecule has 0 aliphatic rings. The minimum Gasteiger partial charge on any atom is -0.493 e. The molecule has 142 valence electrons. The summed E-state index contributed by atoms with van der Waals surface area (Å²) in [5, 5.41) is 12.7. The maximum atomic E-state index is 11.9. The molecular weight excluding hydrogens is 484 g/mol. The van der Waals surface area contributed by atoms with E-state index in [1.54, 1.807) is 12.1 Å². The van der Waals surface area contributed by atoms with Crippen LogP contribution in [-0.4, -0.2) is 36.9 Å². The van der Waals surface area contributed by atoms with Gasteiger partial charge in [0.05, 0.1) is 24.2 Å². The van der Waals surface area contributed by atoms with Crippen LogP contribution in [0.3, 0.4) is 0 Å². The highest BCUT2D eigenvalue weighted by Gasteiger charge is 2.12. The lowest BCUT2D eigenvalue weighted by molar-refractivity contribution is -0.139. The van der Waals surface area contributed by atoms with Crippen LogP contribution in [0.2, 0.25) is 0 Å². The number of carbonyl (C=O) groups excluding carboxylic acids is 1. The van der Waals surface area contributed by atoms with E-state index in [2.05, 4.69) is 42.4 Å². The van der Waals surface area contributed by atoms with Gasteiger partial charge in [-0.1, -0.05) is 28.1 Å². The van der Waals surface area contributed by atoms with E-state index in [9.17, 15) is 9.59 Å². The molecule has 0 fully saturated rings. The van der Waals surface area contributed by atoms with E-state index in [0.717, 1.165) is 10.0 Å². The number of hydrogen-bond acceptors (Lipinski definition) is 5. The SMILES string of the molecule is COc1cc(/C=N\NC(=O)Cc2ccc(Br)cc2)cc(Br)c1OCC(=O)O. The first-order chi connectivity index (χ1) is 12.9. The highest BCUT2D eigenvalue weighted by molar-refractivity contribution is 9.10. The Morgan fingerprint density at radius 1 is 1.22 bits per heavy atom. The number of hydrazone groups is 1. The second-order valence-electron chi connectivity index (χ2n) is 5.31. The molecule has 0 aliphatic heterocycles. The maximum absolute atomic E-state index is 11.9. The van der Waals surface area contributed by atoms with Crippen LogP contribution in [0.5, 0.6) is 11.5 Å². The van der Waals surface area contributed by atoms with Crippen LogP contribution in [0.4, 0.5) is 0 Å². The molecule has 0 radical (unpaired) electrons. The van der Waals surface area contributed by atoms with Crippen molar-refractivity contribution in [2.24, 2.45) is 5.10 Å². The topological polar surface area (TPSA) is 97.2 Å². The maximum Gasteiger partial charge on any atom is 0.341 e. The Kier molecular flexibility index (Phi) is 7.81. The van der Waals surface area contributed by atoms with E-state index in [-0.39, 0.29) is 18.1 Å². The molecule has 9 heteroatoms. The summed E-state index contributed by atoms with van der Waals surface area (Å²) in [6.07, 6.45) is 1.66. The Labute approximate surface area is 172 Å². The summed E-state index contributed by atoms with van der Waals surface area (Å²) in [6.45, 7) is -0.492. The van der Waals surface area contributed by atoms with E-state index in [1.807, 2.05) is 24.3 Å².